The Morgan fingerprint density at radius 3 is 3.21 bits per heavy atom. The van der Waals surface area contributed by atoms with Crippen molar-refractivity contribution in [3.8, 4) is 0 Å². The first-order valence-electron chi connectivity index (χ1n) is 5.61. The number of hydrogen-bond donors (Lipinski definition) is 1. The molecule has 2 rings (SSSR count). The topological polar surface area (TPSA) is 43.8 Å². The molecule has 0 saturated heterocycles. The lowest BCUT2D eigenvalue weighted by Crippen LogP contribution is -2.17. The number of fused-ring (bicyclic) bond motifs is 1. The van der Waals surface area contributed by atoms with E-state index in [0.29, 0.717) is 5.92 Å². The van der Waals surface area contributed by atoms with Crippen LogP contribution in [0.15, 0.2) is 6.20 Å². The maximum Gasteiger partial charge on any atom is 0.0524 e. The molecule has 14 heavy (non-hydrogen) atoms. The lowest BCUT2D eigenvalue weighted by atomic mass is 9.86. The zero-order valence-electron chi connectivity index (χ0n) is 8.87. The van der Waals surface area contributed by atoms with Crippen LogP contribution in [0.5, 0.6) is 0 Å². The van der Waals surface area contributed by atoms with Crippen molar-refractivity contribution in [2.45, 2.75) is 45.1 Å². The van der Waals surface area contributed by atoms with Gasteiger partial charge in [-0.3, -0.25) is 4.68 Å². The lowest BCUT2D eigenvalue weighted by Gasteiger charge is -2.23. The van der Waals surface area contributed by atoms with Crippen molar-refractivity contribution in [3.05, 3.63) is 17.5 Å². The molecule has 1 aromatic rings. The molecule has 0 fully saturated rings. The average molecular weight is 193 g/mol. The Bertz CT molecular complexity index is 290. The van der Waals surface area contributed by atoms with Crippen LogP contribution in [0.25, 0.3) is 0 Å². The van der Waals surface area contributed by atoms with E-state index in [1.807, 2.05) is 6.20 Å². The first-order valence-corrected chi connectivity index (χ1v) is 5.61. The molecule has 3 nitrogen and oxygen atoms in total. The van der Waals surface area contributed by atoms with Gasteiger partial charge >= 0.3 is 0 Å². The Balaban J connectivity index is 2.30. The second-order valence-electron chi connectivity index (χ2n) is 4.04. The molecule has 1 aliphatic carbocycles. The largest absolute Gasteiger partial charge is 0.330 e. The summed E-state index contributed by atoms with van der Waals surface area (Å²) in [5, 5.41) is 4.42. The minimum absolute atomic E-state index is 0.659. The monoisotopic (exact) mass is 193 g/mol. The van der Waals surface area contributed by atoms with Crippen molar-refractivity contribution in [1.82, 2.24) is 9.78 Å². The van der Waals surface area contributed by atoms with E-state index in [1.54, 1.807) is 0 Å². The number of aryl methyl sites for hydroxylation is 2. The number of rotatable bonds is 3. The van der Waals surface area contributed by atoms with E-state index in [0.717, 1.165) is 19.5 Å². The first kappa shape index (κ1) is 9.71. The van der Waals surface area contributed by atoms with E-state index >= 15 is 0 Å². The molecule has 1 atom stereocenters. The predicted octanol–water partition coefficient (Wildman–Crippen LogP) is 1.67. The summed E-state index contributed by atoms with van der Waals surface area (Å²) >= 11 is 0. The molecular formula is C11H19N3. The third-order valence-electron chi connectivity index (χ3n) is 3.16. The van der Waals surface area contributed by atoms with E-state index in [9.17, 15) is 0 Å². The summed E-state index contributed by atoms with van der Waals surface area (Å²) in [6.07, 6.45) is 6.94. The van der Waals surface area contributed by atoms with E-state index in [1.165, 1.54) is 30.5 Å². The van der Waals surface area contributed by atoms with Crippen molar-refractivity contribution in [1.29, 1.82) is 0 Å². The quantitative estimate of drug-likeness (QED) is 0.793. The molecule has 0 bridgehead atoms. The highest BCUT2D eigenvalue weighted by Gasteiger charge is 2.23. The highest BCUT2D eigenvalue weighted by atomic mass is 15.3. The fraction of sp³-hybridized carbons (Fsp3) is 0.727. The van der Waals surface area contributed by atoms with Gasteiger partial charge in [-0.25, -0.2) is 0 Å². The van der Waals surface area contributed by atoms with Crippen molar-refractivity contribution < 1.29 is 0 Å². The first-order chi connectivity index (χ1) is 6.86. The van der Waals surface area contributed by atoms with Gasteiger partial charge in [-0.05, 0) is 44.7 Å². The fourth-order valence-corrected chi connectivity index (χ4v) is 2.51. The lowest BCUT2D eigenvalue weighted by molar-refractivity contribution is 0.476. The Morgan fingerprint density at radius 2 is 2.50 bits per heavy atom. The minimum atomic E-state index is 0.659. The van der Waals surface area contributed by atoms with Crippen LogP contribution in [-0.4, -0.2) is 16.3 Å². The molecule has 78 valence electrons. The van der Waals surface area contributed by atoms with E-state index in [2.05, 4.69) is 16.7 Å². The van der Waals surface area contributed by atoms with Gasteiger partial charge in [0, 0.05) is 18.2 Å². The van der Waals surface area contributed by atoms with Crippen LogP contribution in [0, 0.1) is 0 Å². The summed E-state index contributed by atoms with van der Waals surface area (Å²) in [6, 6.07) is 0. The normalized spacial score (nSPS) is 20.9. The second kappa shape index (κ2) is 4.13. The van der Waals surface area contributed by atoms with Crippen LogP contribution >= 0.6 is 0 Å². The predicted molar refractivity (Wildman–Crippen MR) is 57.3 cm³/mol. The number of nitrogens with zero attached hydrogens (tertiary/aromatic N) is 2. The summed E-state index contributed by atoms with van der Waals surface area (Å²) in [4.78, 5) is 0. The Morgan fingerprint density at radius 1 is 1.64 bits per heavy atom. The molecule has 1 heterocycles. The zero-order chi connectivity index (χ0) is 9.97. The molecule has 1 unspecified atom stereocenters. The highest BCUT2D eigenvalue weighted by molar-refractivity contribution is 5.24. The van der Waals surface area contributed by atoms with Crippen molar-refractivity contribution >= 4 is 0 Å². The Labute approximate surface area is 85.3 Å². The molecule has 3 heteroatoms. The van der Waals surface area contributed by atoms with Gasteiger partial charge in [-0.1, -0.05) is 0 Å². The number of nitrogens with two attached hydrogens (primary N) is 1. The molecule has 1 aliphatic rings. The summed E-state index contributed by atoms with van der Waals surface area (Å²) in [5.74, 6) is 0.659. The summed E-state index contributed by atoms with van der Waals surface area (Å²) in [7, 11) is 0. The SMILES string of the molecule is CCn1ncc2c1C(CCN)CCC2. The molecule has 1 aromatic heterocycles. The Hall–Kier alpha value is -0.830. The van der Waals surface area contributed by atoms with Gasteiger partial charge in [0.1, 0.15) is 0 Å². The number of aromatic nitrogens is 2. The molecule has 0 amide bonds. The number of hydrogen-bond acceptors (Lipinski definition) is 2. The van der Waals surface area contributed by atoms with Gasteiger partial charge in [-0.15, -0.1) is 0 Å². The molecule has 0 aromatic carbocycles. The van der Waals surface area contributed by atoms with Gasteiger partial charge in [0.25, 0.3) is 0 Å². The Kier molecular flexibility index (Phi) is 2.87. The fourth-order valence-electron chi connectivity index (χ4n) is 2.51. The van der Waals surface area contributed by atoms with Gasteiger partial charge < -0.3 is 5.73 Å². The minimum Gasteiger partial charge on any atom is -0.330 e. The van der Waals surface area contributed by atoms with Gasteiger partial charge in [0.05, 0.1) is 6.20 Å². The average Bonchev–Trinajstić information content (AvgIpc) is 2.62. The van der Waals surface area contributed by atoms with Crippen molar-refractivity contribution in [3.63, 3.8) is 0 Å². The maximum absolute atomic E-state index is 5.65. The van der Waals surface area contributed by atoms with Crippen LogP contribution in [0.4, 0.5) is 0 Å². The van der Waals surface area contributed by atoms with Crippen molar-refractivity contribution in [2.75, 3.05) is 6.54 Å². The van der Waals surface area contributed by atoms with Gasteiger partial charge in [-0.2, -0.15) is 5.10 Å². The molecule has 0 aliphatic heterocycles. The third-order valence-corrected chi connectivity index (χ3v) is 3.16. The van der Waals surface area contributed by atoms with E-state index in [4.69, 9.17) is 5.73 Å². The van der Waals surface area contributed by atoms with E-state index in [-0.39, 0.29) is 0 Å². The molecular weight excluding hydrogens is 174 g/mol. The van der Waals surface area contributed by atoms with Crippen molar-refractivity contribution in [2.24, 2.45) is 5.73 Å². The maximum atomic E-state index is 5.65. The molecule has 0 radical (unpaired) electrons. The van der Waals surface area contributed by atoms with Crippen LogP contribution < -0.4 is 5.73 Å². The van der Waals surface area contributed by atoms with Crippen LogP contribution in [-0.2, 0) is 13.0 Å². The van der Waals surface area contributed by atoms with Gasteiger partial charge in [0.2, 0.25) is 0 Å². The van der Waals surface area contributed by atoms with Crippen LogP contribution in [0.1, 0.15) is 43.4 Å². The zero-order valence-corrected chi connectivity index (χ0v) is 8.87. The summed E-state index contributed by atoms with van der Waals surface area (Å²) < 4.78 is 2.15. The van der Waals surface area contributed by atoms with Crippen LogP contribution in [0.3, 0.4) is 0 Å². The third kappa shape index (κ3) is 1.57. The molecule has 2 N–H and O–H groups in total. The van der Waals surface area contributed by atoms with Crippen LogP contribution in [0.2, 0.25) is 0 Å². The molecule has 0 saturated carbocycles. The highest BCUT2D eigenvalue weighted by Crippen LogP contribution is 2.33. The standard InChI is InChI=1S/C11H19N3/c1-2-14-11-9(6-7-12)4-3-5-10(11)8-13-14/h8-9H,2-7,12H2,1H3. The smallest absolute Gasteiger partial charge is 0.0524 e. The second-order valence-corrected chi connectivity index (χ2v) is 4.04. The molecule has 0 spiro atoms. The summed E-state index contributed by atoms with van der Waals surface area (Å²) in [6.45, 7) is 3.93. The van der Waals surface area contributed by atoms with E-state index < -0.39 is 0 Å². The van der Waals surface area contributed by atoms with Gasteiger partial charge in [0.15, 0.2) is 0 Å². The summed E-state index contributed by atoms with van der Waals surface area (Å²) in [5.41, 5.74) is 8.56.